The van der Waals surface area contributed by atoms with Crippen molar-refractivity contribution in [3.63, 3.8) is 0 Å². The second kappa shape index (κ2) is 14.7. The largest absolute Gasteiger partial charge is 0.417 e. The number of hydrogen-bond donors (Lipinski definition) is 2. The highest BCUT2D eigenvalue weighted by Gasteiger charge is 2.13. The highest BCUT2D eigenvalue weighted by molar-refractivity contribution is 5.91. The number of hydrogen-bond acceptors (Lipinski definition) is 4. The van der Waals surface area contributed by atoms with Crippen LogP contribution in [0.3, 0.4) is 0 Å². The lowest BCUT2D eigenvalue weighted by Crippen LogP contribution is -2.19. The van der Waals surface area contributed by atoms with Gasteiger partial charge in [0.25, 0.3) is 0 Å². The zero-order valence-corrected chi connectivity index (χ0v) is 22.1. The van der Waals surface area contributed by atoms with Gasteiger partial charge < -0.3 is 9.47 Å². The van der Waals surface area contributed by atoms with Gasteiger partial charge in [0.2, 0.25) is 0 Å². The van der Waals surface area contributed by atoms with Gasteiger partial charge in [-0.2, -0.15) is 0 Å². The molecular weight excluding hydrogens is 464 g/mol. The van der Waals surface area contributed by atoms with E-state index in [0.717, 1.165) is 68.1 Å². The molecule has 0 bridgehead atoms. The lowest BCUT2D eigenvalue weighted by molar-refractivity contribution is 0.214. The maximum Gasteiger partial charge on any atom is 0.417 e. The predicted octanol–water partition coefficient (Wildman–Crippen LogP) is 8.68. The summed E-state index contributed by atoms with van der Waals surface area (Å²) in [5, 5.41) is 5.56. The predicted molar refractivity (Wildman–Crippen MR) is 150 cm³/mol. The van der Waals surface area contributed by atoms with Gasteiger partial charge in [-0.1, -0.05) is 82.0 Å². The first-order valence-electron chi connectivity index (χ1n) is 13.2. The molecule has 2 N–H and O–H groups in total. The molecule has 196 valence electrons. The number of aryl methyl sites for hydroxylation is 3. The van der Waals surface area contributed by atoms with Gasteiger partial charge in [0, 0.05) is 11.4 Å². The minimum atomic E-state index is -0.582. The molecule has 0 saturated heterocycles. The molecule has 0 radical (unpaired) electrons. The van der Waals surface area contributed by atoms with Gasteiger partial charge in [-0.15, -0.1) is 0 Å². The van der Waals surface area contributed by atoms with Gasteiger partial charge in [-0.3, -0.25) is 10.6 Å². The minimum Gasteiger partial charge on any atom is -0.410 e. The van der Waals surface area contributed by atoms with E-state index in [2.05, 4.69) is 24.5 Å². The molecule has 6 nitrogen and oxygen atoms in total. The molecule has 0 heterocycles. The molecule has 0 aliphatic carbocycles. The average molecular weight is 503 g/mol. The average Bonchev–Trinajstić information content (AvgIpc) is 2.88. The van der Waals surface area contributed by atoms with Crippen LogP contribution in [-0.2, 0) is 12.8 Å². The Hall–Kier alpha value is -3.80. The van der Waals surface area contributed by atoms with Gasteiger partial charge in [0.1, 0.15) is 11.5 Å². The lowest BCUT2D eigenvalue weighted by Gasteiger charge is -2.14. The molecule has 2 amide bonds. The summed E-state index contributed by atoms with van der Waals surface area (Å²) in [6, 6.07) is 20.5. The van der Waals surface area contributed by atoms with Gasteiger partial charge in [0.15, 0.2) is 0 Å². The third-order valence-electron chi connectivity index (χ3n) is 6.17. The zero-order chi connectivity index (χ0) is 26.5. The van der Waals surface area contributed by atoms with E-state index in [9.17, 15) is 9.59 Å². The van der Waals surface area contributed by atoms with E-state index in [-0.39, 0.29) is 0 Å². The molecule has 3 aromatic carbocycles. The van der Waals surface area contributed by atoms with Crippen LogP contribution in [0.5, 0.6) is 11.5 Å². The van der Waals surface area contributed by atoms with E-state index >= 15 is 0 Å². The van der Waals surface area contributed by atoms with Crippen molar-refractivity contribution in [2.75, 3.05) is 10.6 Å². The van der Waals surface area contributed by atoms with Crippen LogP contribution in [-0.4, -0.2) is 12.2 Å². The van der Waals surface area contributed by atoms with Crippen LogP contribution < -0.4 is 20.1 Å². The summed E-state index contributed by atoms with van der Waals surface area (Å²) in [5.74, 6) is 1.12. The summed E-state index contributed by atoms with van der Waals surface area (Å²) in [6.45, 7) is 6.20. The number of unbranched alkanes of at least 4 members (excludes halogenated alkanes) is 4. The molecule has 0 saturated carbocycles. The Bertz CT molecular complexity index is 1180. The van der Waals surface area contributed by atoms with Crippen LogP contribution in [0.25, 0.3) is 0 Å². The zero-order valence-electron chi connectivity index (χ0n) is 22.1. The highest BCUT2D eigenvalue weighted by Crippen LogP contribution is 2.25. The van der Waals surface area contributed by atoms with Gasteiger partial charge in [0.05, 0.1) is 0 Å². The summed E-state index contributed by atoms with van der Waals surface area (Å²) < 4.78 is 11.2. The second-order valence-corrected chi connectivity index (χ2v) is 9.19. The maximum absolute atomic E-state index is 12.7. The SMILES string of the molecule is CCCCCc1ccccc1OC(=O)Nc1ccc(C)c(NC(=O)Oc2ccccc2CCCCC)c1. The first-order chi connectivity index (χ1) is 18.0. The Morgan fingerprint density at radius 3 is 1.73 bits per heavy atom. The molecule has 0 aliphatic rings. The highest BCUT2D eigenvalue weighted by atomic mass is 16.6. The van der Waals surface area contributed by atoms with E-state index in [4.69, 9.17) is 9.47 Å². The van der Waals surface area contributed by atoms with Crippen LogP contribution in [0.15, 0.2) is 66.7 Å². The number of para-hydroxylation sites is 2. The number of nitrogens with one attached hydrogen (secondary N) is 2. The number of carbonyl (C=O) groups excluding carboxylic acids is 2. The van der Waals surface area contributed by atoms with E-state index < -0.39 is 12.2 Å². The summed E-state index contributed by atoms with van der Waals surface area (Å²) in [4.78, 5) is 25.3. The quantitative estimate of drug-likeness (QED) is 0.243. The molecule has 0 spiro atoms. The van der Waals surface area contributed by atoms with E-state index in [1.54, 1.807) is 18.2 Å². The number of ether oxygens (including phenoxy) is 2. The normalized spacial score (nSPS) is 10.6. The van der Waals surface area contributed by atoms with Crippen molar-refractivity contribution in [2.24, 2.45) is 0 Å². The van der Waals surface area contributed by atoms with Crippen molar-refractivity contribution in [1.82, 2.24) is 0 Å². The van der Waals surface area contributed by atoms with E-state index in [1.165, 1.54) is 0 Å². The summed E-state index contributed by atoms with van der Waals surface area (Å²) in [7, 11) is 0. The topological polar surface area (TPSA) is 76.7 Å². The summed E-state index contributed by atoms with van der Waals surface area (Å²) in [5.41, 5.74) is 3.92. The third-order valence-corrected chi connectivity index (χ3v) is 6.17. The second-order valence-electron chi connectivity index (χ2n) is 9.19. The van der Waals surface area contributed by atoms with Crippen LogP contribution in [0, 0.1) is 6.92 Å². The molecule has 6 heteroatoms. The summed E-state index contributed by atoms with van der Waals surface area (Å²) >= 11 is 0. The van der Waals surface area contributed by atoms with Crippen molar-refractivity contribution in [1.29, 1.82) is 0 Å². The van der Waals surface area contributed by atoms with Crippen LogP contribution in [0.4, 0.5) is 21.0 Å². The van der Waals surface area contributed by atoms with Gasteiger partial charge in [-0.25, -0.2) is 9.59 Å². The fraction of sp³-hybridized carbons (Fsp3) is 0.355. The van der Waals surface area contributed by atoms with Crippen molar-refractivity contribution < 1.29 is 19.1 Å². The van der Waals surface area contributed by atoms with Crippen molar-refractivity contribution in [3.8, 4) is 11.5 Å². The summed E-state index contributed by atoms with van der Waals surface area (Å²) in [6.07, 6.45) is 7.18. The molecule has 0 aliphatic heterocycles. The van der Waals surface area contributed by atoms with Crippen LogP contribution in [0.2, 0.25) is 0 Å². The number of rotatable bonds is 12. The van der Waals surface area contributed by atoms with Gasteiger partial charge in [-0.05, 0) is 73.6 Å². The Morgan fingerprint density at radius 2 is 1.19 bits per heavy atom. The van der Waals surface area contributed by atoms with E-state index in [0.29, 0.717) is 22.9 Å². The number of carbonyl (C=O) groups is 2. The number of anilines is 2. The molecule has 37 heavy (non-hydrogen) atoms. The fourth-order valence-electron chi connectivity index (χ4n) is 4.06. The lowest BCUT2D eigenvalue weighted by atomic mass is 10.1. The first kappa shape index (κ1) is 27.8. The van der Waals surface area contributed by atoms with Crippen molar-refractivity contribution >= 4 is 23.6 Å². The molecule has 3 rings (SSSR count). The molecular formula is C31H38N2O4. The molecule has 3 aromatic rings. The maximum atomic E-state index is 12.7. The molecule has 0 aromatic heterocycles. The molecule has 0 atom stereocenters. The minimum absolute atomic E-state index is 0.509. The fourth-order valence-corrected chi connectivity index (χ4v) is 4.06. The smallest absolute Gasteiger partial charge is 0.410 e. The molecule has 0 fully saturated rings. The number of benzene rings is 3. The third kappa shape index (κ3) is 8.98. The Morgan fingerprint density at radius 1 is 0.676 bits per heavy atom. The molecule has 0 unspecified atom stereocenters. The Kier molecular flexibility index (Phi) is 11.0. The van der Waals surface area contributed by atoms with Crippen LogP contribution in [0.1, 0.15) is 69.1 Å². The van der Waals surface area contributed by atoms with Gasteiger partial charge >= 0.3 is 12.2 Å². The monoisotopic (exact) mass is 502 g/mol. The van der Waals surface area contributed by atoms with Crippen molar-refractivity contribution in [3.05, 3.63) is 83.4 Å². The van der Waals surface area contributed by atoms with E-state index in [1.807, 2.05) is 55.5 Å². The van der Waals surface area contributed by atoms with Crippen molar-refractivity contribution in [2.45, 2.75) is 72.1 Å². The number of amides is 2. The standard InChI is InChI=1S/C31H38N2O4/c1-4-6-8-14-24-16-10-12-18-28(24)36-30(34)32-26-21-20-23(3)27(22-26)33-31(35)37-29-19-13-11-17-25(29)15-9-7-5-2/h10-13,16-22H,4-9,14-15H2,1-3H3,(H,32,34)(H,33,35). The first-order valence-corrected chi connectivity index (χ1v) is 13.2. The Balaban J connectivity index is 1.62. The van der Waals surface area contributed by atoms with Crippen LogP contribution >= 0.6 is 0 Å². The Labute approximate surface area is 220 Å².